The third-order valence-electron chi connectivity index (χ3n) is 2.76. The first-order valence-corrected chi connectivity index (χ1v) is 3.73. The van der Waals surface area contributed by atoms with Gasteiger partial charge in [0.1, 0.15) is 0 Å². The van der Waals surface area contributed by atoms with Gasteiger partial charge in [-0.1, -0.05) is 0 Å². The monoisotopic (exact) mass is 127 g/mol. The molecule has 0 aliphatic carbocycles. The van der Waals surface area contributed by atoms with Crippen molar-refractivity contribution in [3.05, 3.63) is 0 Å². The number of rotatable bonds is 1. The number of nitrogens with one attached hydrogen (secondary N) is 1. The Hall–Kier alpha value is -0.0800. The largest absolute Gasteiger partial charge is 0.394 e. The first-order chi connectivity index (χ1) is 4.35. The van der Waals surface area contributed by atoms with Crippen LogP contribution in [0, 0.1) is 0 Å². The lowest BCUT2D eigenvalue weighted by atomic mass is 9.89. The molecule has 2 N–H and O–H groups in total. The molecule has 0 amide bonds. The minimum Gasteiger partial charge on any atom is -0.394 e. The van der Waals surface area contributed by atoms with Crippen molar-refractivity contribution in [1.82, 2.24) is 5.32 Å². The quantitative estimate of drug-likeness (QED) is 0.529. The number of hydrogen-bond donors (Lipinski definition) is 2. The minimum absolute atomic E-state index is 0.157. The van der Waals surface area contributed by atoms with E-state index in [0.717, 1.165) is 6.04 Å². The summed E-state index contributed by atoms with van der Waals surface area (Å²) in [5.74, 6) is 0. The molecule has 2 saturated heterocycles. The van der Waals surface area contributed by atoms with Crippen LogP contribution in [0.5, 0.6) is 0 Å². The van der Waals surface area contributed by atoms with E-state index in [0.29, 0.717) is 6.61 Å². The highest BCUT2D eigenvalue weighted by atomic mass is 16.3. The van der Waals surface area contributed by atoms with E-state index < -0.39 is 0 Å². The van der Waals surface area contributed by atoms with Crippen LogP contribution in [-0.4, -0.2) is 23.3 Å². The highest BCUT2D eigenvalue weighted by molar-refractivity contribution is 5.03. The van der Waals surface area contributed by atoms with Gasteiger partial charge in [-0.25, -0.2) is 0 Å². The fourth-order valence-electron chi connectivity index (χ4n) is 2.10. The number of aliphatic hydroxyl groups is 1. The summed E-state index contributed by atoms with van der Waals surface area (Å²) in [7, 11) is 0. The Labute approximate surface area is 55.3 Å². The Kier molecular flexibility index (Phi) is 1.08. The van der Waals surface area contributed by atoms with E-state index in [-0.39, 0.29) is 5.54 Å². The van der Waals surface area contributed by atoms with Crippen LogP contribution in [0.2, 0.25) is 0 Å². The first-order valence-electron chi connectivity index (χ1n) is 3.73. The van der Waals surface area contributed by atoms with Gasteiger partial charge in [0.05, 0.1) is 6.61 Å². The molecule has 0 saturated carbocycles. The van der Waals surface area contributed by atoms with Crippen molar-refractivity contribution < 1.29 is 5.11 Å². The molecule has 0 atom stereocenters. The van der Waals surface area contributed by atoms with Crippen molar-refractivity contribution in [2.75, 3.05) is 6.61 Å². The van der Waals surface area contributed by atoms with Crippen LogP contribution in [0.25, 0.3) is 0 Å². The Morgan fingerprint density at radius 1 is 1.44 bits per heavy atom. The van der Waals surface area contributed by atoms with Crippen LogP contribution in [0.4, 0.5) is 0 Å². The van der Waals surface area contributed by atoms with Crippen LogP contribution in [0.15, 0.2) is 0 Å². The van der Waals surface area contributed by atoms with Crippen molar-refractivity contribution in [2.24, 2.45) is 0 Å². The van der Waals surface area contributed by atoms with Crippen molar-refractivity contribution in [1.29, 1.82) is 0 Å². The molecule has 2 nitrogen and oxygen atoms in total. The van der Waals surface area contributed by atoms with Crippen molar-refractivity contribution in [2.45, 2.75) is 37.3 Å². The molecule has 2 heteroatoms. The maximum absolute atomic E-state index is 8.98. The molecule has 0 aromatic heterocycles. The number of aliphatic hydroxyl groups excluding tert-OH is 1. The zero-order chi connectivity index (χ0) is 6.32. The SMILES string of the molecule is OCC12CCC(CC1)N2. The normalized spacial score (nSPS) is 48.3. The zero-order valence-corrected chi connectivity index (χ0v) is 5.56. The maximum Gasteiger partial charge on any atom is 0.0613 e. The third-order valence-corrected chi connectivity index (χ3v) is 2.76. The topological polar surface area (TPSA) is 32.3 Å². The fourth-order valence-corrected chi connectivity index (χ4v) is 2.10. The van der Waals surface area contributed by atoms with Crippen molar-refractivity contribution in [3.63, 3.8) is 0 Å². The smallest absolute Gasteiger partial charge is 0.0613 e. The summed E-state index contributed by atoms with van der Waals surface area (Å²) in [5, 5.41) is 12.4. The lowest BCUT2D eigenvalue weighted by molar-refractivity contribution is 0.183. The van der Waals surface area contributed by atoms with E-state index in [9.17, 15) is 0 Å². The van der Waals surface area contributed by atoms with Gasteiger partial charge in [0, 0.05) is 11.6 Å². The summed E-state index contributed by atoms with van der Waals surface area (Å²) in [4.78, 5) is 0. The Bertz CT molecular complexity index is 116. The standard InChI is InChI=1S/C7H13NO/c9-5-7-3-1-6(8-7)2-4-7/h6,8-9H,1-5H2. The van der Waals surface area contributed by atoms with E-state index in [1.54, 1.807) is 0 Å². The molecule has 2 rings (SSSR count). The van der Waals surface area contributed by atoms with E-state index in [4.69, 9.17) is 5.11 Å². The summed E-state index contributed by atoms with van der Waals surface area (Å²) >= 11 is 0. The molecule has 2 fully saturated rings. The minimum atomic E-state index is 0.157. The number of fused-ring (bicyclic) bond motifs is 2. The predicted octanol–water partition coefficient (Wildman–Crippen LogP) is 0.263. The average molecular weight is 127 g/mol. The predicted molar refractivity (Wildman–Crippen MR) is 35.2 cm³/mol. The average Bonchev–Trinajstić information content (AvgIpc) is 2.46. The summed E-state index contributed by atoms with van der Waals surface area (Å²) in [6.07, 6.45) is 4.93. The summed E-state index contributed by atoms with van der Waals surface area (Å²) in [5.41, 5.74) is 0.157. The second kappa shape index (κ2) is 1.70. The molecule has 2 aliphatic rings. The molecule has 2 heterocycles. The molecular weight excluding hydrogens is 114 g/mol. The van der Waals surface area contributed by atoms with Crippen molar-refractivity contribution in [3.8, 4) is 0 Å². The fraction of sp³-hybridized carbons (Fsp3) is 1.00. The van der Waals surface area contributed by atoms with Crippen molar-refractivity contribution >= 4 is 0 Å². The first kappa shape index (κ1) is 5.69. The van der Waals surface area contributed by atoms with Crippen LogP contribution >= 0.6 is 0 Å². The zero-order valence-electron chi connectivity index (χ0n) is 5.56. The van der Waals surface area contributed by atoms with Crippen LogP contribution in [0.3, 0.4) is 0 Å². The highest BCUT2D eigenvalue weighted by Crippen LogP contribution is 2.36. The molecule has 0 radical (unpaired) electrons. The molecule has 52 valence electrons. The van der Waals surface area contributed by atoms with Crippen LogP contribution in [0.1, 0.15) is 25.7 Å². The number of hydrogen-bond acceptors (Lipinski definition) is 2. The highest BCUT2D eigenvalue weighted by Gasteiger charge is 2.43. The van der Waals surface area contributed by atoms with E-state index in [1.165, 1.54) is 25.7 Å². The van der Waals surface area contributed by atoms with Crippen LogP contribution < -0.4 is 5.32 Å². The van der Waals surface area contributed by atoms with Gasteiger partial charge in [-0.15, -0.1) is 0 Å². The van der Waals surface area contributed by atoms with Gasteiger partial charge < -0.3 is 10.4 Å². The Morgan fingerprint density at radius 3 is 2.33 bits per heavy atom. The maximum atomic E-state index is 8.98. The molecule has 2 aliphatic heterocycles. The molecular formula is C7H13NO. The summed E-state index contributed by atoms with van der Waals surface area (Å²) in [6, 6.07) is 0.733. The van der Waals surface area contributed by atoms with E-state index in [1.807, 2.05) is 0 Å². The van der Waals surface area contributed by atoms with Gasteiger partial charge in [-0.3, -0.25) is 0 Å². The van der Waals surface area contributed by atoms with Gasteiger partial charge in [-0.2, -0.15) is 0 Å². The lowest BCUT2D eigenvalue weighted by Crippen LogP contribution is -2.39. The van der Waals surface area contributed by atoms with E-state index >= 15 is 0 Å². The molecule has 0 spiro atoms. The van der Waals surface area contributed by atoms with Gasteiger partial charge in [0.25, 0.3) is 0 Å². The lowest BCUT2D eigenvalue weighted by Gasteiger charge is -2.22. The second-order valence-electron chi connectivity index (χ2n) is 3.36. The Morgan fingerprint density at radius 2 is 2.11 bits per heavy atom. The molecule has 0 aromatic carbocycles. The molecule has 0 unspecified atom stereocenters. The molecule has 9 heavy (non-hydrogen) atoms. The van der Waals surface area contributed by atoms with Gasteiger partial charge in [-0.05, 0) is 25.7 Å². The molecule has 0 aromatic rings. The summed E-state index contributed by atoms with van der Waals surface area (Å²) in [6.45, 7) is 0.337. The van der Waals surface area contributed by atoms with Crippen LogP contribution in [-0.2, 0) is 0 Å². The third kappa shape index (κ3) is 0.700. The Balaban J connectivity index is 2.13. The van der Waals surface area contributed by atoms with E-state index in [2.05, 4.69) is 5.32 Å². The van der Waals surface area contributed by atoms with Gasteiger partial charge in [0.2, 0.25) is 0 Å². The van der Waals surface area contributed by atoms with Gasteiger partial charge in [0.15, 0.2) is 0 Å². The van der Waals surface area contributed by atoms with Gasteiger partial charge >= 0.3 is 0 Å². The molecule has 2 bridgehead atoms. The summed E-state index contributed by atoms with van der Waals surface area (Å²) < 4.78 is 0. The second-order valence-corrected chi connectivity index (χ2v) is 3.36.